The van der Waals surface area contributed by atoms with E-state index in [9.17, 15) is 9.50 Å². The third-order valence-electron chi connectivity index (χ3n) is 4.35. The second-order valence-electron chi connectivity index (χ2n) is 5.70. The lowest BCUT2D eigenvalue weighted by Gasteiger charge is -2.32. The normalized spacial score (nSPS) is 22.4. The van der Waals surface area contributed by atoms with Gasteiger partial charge in [0.1, 0.15) is 0 Å². The first-order valence-electron chi connectivity index (χ1n) is 7.41. The number of nitrogen functional groups attached to an aromatic ring is 1. The molecular formula is C16H20FN3O. The summed E-state index contributed by atoms with van der Waals surface area (Å²) in [5.41, 5.74) is 7.20. The van der Waals surface area contributed by atoms with Gasteiger partial charge in [-0.05, 0) is 31.0 Å². The Morgan fingerprint density at radius 1 is 1.38 bits per heavy atom. The number of fused-ring (bicyclic) bond motifs is 1. The summed E-state index contributed by atoms with van der Waals surface area (Å²) in [5.74, 6) is -0.226. The number of benzene rings is 1. The van der Waals surface area contributed by atoms with Gasteiger partial charge in [0.2, 0.25) is 0 Å². The summed E-state index contributed by atoms with van der Waals surface area (Å²) in [7, 11) is 0. The van der Waals surface area contributed by atoms with Crippen LogP contribution in [0.4, 0.5) is 15.8 Å². The van der Waals surface area contributed by atoms with Crippen molar-refractivity contribution in [1.29, 1.82) is 0 Å². The summed E-state index contributed by atoms with van der Waals surface area (Å²) in [6.45, 7) is 0.125. The Hall–Kier alpha value is -1.88. The Kier molecular flexibility index (Phi) is 3.92. The van der Waals surface area contributed by atoms with Crippen LogP contribution < -0.4 is 11.1 Å². The second kappa shape index (κ2) is 5.85. The second-order valence-corrected chi connectivity index (χ2v) is 5.70. The summed E-state index contributed by atoms with van der Waals surface area (Å²) in [6.07, 6.45) is 5.75. The minimum absolute atomic E-state index is 0.0760. The highest BCUT2D eigenvalue weighted by Gasteiger charge is 2.26. The van der Waals surface area contributed by atoms with E-state index in [1.165, 1.54) is 6.07 Å². The van der Waals surface area contributed by atoms with Gasteiger partial charge in [0.25, 0.3) is 0 Å². The van der Waals surface area contributed by atoms with E-state index in [0.717, 1.165) is 31.1 Å². The van der Waals surface area contributed by atoms with E-state index in [4.69, 9.17) is 5.73 Å². The quantitative estimate of drug-likeness (QED) is 0.760. The molecule has 21 heavy (non-hydrogen) atoms. The van der Waals surface area contributed by atoms with Crippen molar-refractivity contribution < 1.29 is 9.50 Å². The van der Waals surface area contributed by atoms with Crippen LogP contribution in [0.25, 0.3) is 10.9 Å². The molecule has 4 N–H and O–H groups in total. The number of halogens is 1. The topological polar surface area (TPSA) is 71.2 Å². The van der Waals surface area contributed by atoms with Crippen molar-refractivity contribution in [3.05, 3.63) is 30.2 Å². The summed E-state index contributed by atoms with van der Waals surface area (Å²) in [5, 5.41) is 13.5. The van der Waals surface area contributed by atoms with Gasteiger partial charge in [-0.25, -0.2) is 4.39 Å². The van der Waals surface area contributed by atoms with E-state index < -0.39 is 0 Å². The van der Waals surface area contributed by atoms with Crippen LogP contribution in [0.15, 0.2) is 24.4 Å². The fourth-order valence-corrected chi connectivity index (χ4v) is 3.18. The van der Waals surface area contributed by atoms with Crippen molar-refractivity contribution in [1.82, 2.24) is 4.98 Å². The van der Waals surface area contributed by atoms with Crippen LogP contribution in [0.2, 0.25) is 0 Å². The van der Waals surface area contributed by atoms with Gasteiger partial charge >= 0.3 is 0 Å². The van der Waals surface area contributed by atoms with Crippen LogP contribution in [-0.2, 0) is 0 Å². The zero-order valence-corrected chi connectivity index (χ0v) is 11.8. The average molecular weight is 289 g/mol. The van der Waals surface area contributed by atoms with Gasteiger partial charge in [-0.3, -0.25) is 4.98 Å². The number of anilines is 2. The van der Waals surface area contributed by atoms with Gasteiger partial charge in [0.05, 0.1) is 11.2 Å². The Labute approximate surface area is 123 Å². The maximum atomic E-state index is 14.3. The molecule has 0 saturated heterocycles. The number of hydrogen-bond donors (Lipinski definition) is 3. The molecule has 1 aliphatic carbocycles. The summed E-state index contributed by atoms with van der Waals surface area (Å²) >= 11 is 0. The van der Waals surface area contributed by atoms with Gasteiger partial charge in [-0.2, -0.15) is 0 Å². The number of rotatable bonds is 3. The molecule has 2 aromatic rings. The fourth-order valence-electron chi connectivity index (χ4n) is 3.18. The summed E-state index contributed by atoms with van der Waals surface area (Å²) in [6, 6.07) is 5.04. The number of nitrogens with zero attached hydrogens (tertiary/aromatic N) is 1. The molecule has 1 saturated carbocycles. The molecule has 0 amide bonds. The summed E-state index contributed by atoms with van der Waals surface area (Å²) < 4.78 is 14.3. The average Bonchev–Trinajstić information content (AvgIpc) is 2.52. The molecule has 0 bridgehead atoms. The third-order valence-corrected chi connectivity index (χ3v) is 4.35. The zero-order valence-electron chi connectivity index (χ0n) is 11.8. The van der Waals surface area contributed by atoms with E-state index in [0.29, 0.717) is 16.9 Å². The number of aromatic nitrogens is 1. The maximum Gasteiger partial charge on any atom is 0.150 e. The van der Waals surface area contributed by atoms with Crippen molar-refractivity contribution in [2.24, 2.45) is 5.92 Å². The first-order valence-corrected chi connectivity index (χ1v) is 7.41. The highest BCUT2D eigenvalue weighted by atomic mass is 19.1. The number of nitrogens with one attached hydrogen (secondary N) is 1. The number of nitrogens with two attached hydrogens (primary N) is 1. The number of aliphatic hydroxyl groups is 1. The molecule has 0 radical (unpaired) electrons. The van der Waals surface area contributed by atoms with Crippen LogP contribution in [-0.4, -0.2) is 22.7 Å². The van der Waals surface area contributed by atoms with E-state index in [1.807, 2.05) is 6.07 Å². The monoisotopic (exact) mass is 289 g/mol. The third kappa shape index (κ3) is 2.65. The number of pyridine rings is 1. The minimum Gasteiger partial charge on any atom is -0.398 e. The summed E-state index contributed by atoms with van der Waals surface area (Å²) in [4.78, 5) is 4.27. The van der Waals surface area contributed by atoms with Crippen molar-refractivity contribution in [3.8, 4) is 0 Å². The van der Waals surface area contributed by atoms with Crippen LogP contribution in [0.1, 0.15) is 25.7 Å². The molecule has 1 fully saturated rings. The minimum atomic E-state index is -0.388. The van der Waals surface area contributed by atoms with Gasteiger partial charge < -0.3 is 16.2 Å². The molecular weight excluding hydrogens is 269 g/mol. The first-order chi connectivity index (χ1) is 10.2. The maximum absolute atomic E-state index is 14.3. The van der Waals surface area contributed by atoms with Crippen LogP contribution in [0, 0.1) is 11.7 Å². The molecule has 1 heterocycles. The predicted octanol–water partition coefficient (Wildman–Crippen LogP) is 2.92. The lowest BCUT2D eigenvalue weighted by Crippen LogP contribution is -2.34. The molecule has 1 aliphatic rings. The first kappa shape index (κ1) is 14.1. The smallest absolute Gasteiger partial charge is 0.150 e. The zero-order chi connectivity index (χ0) is 14.8. The molecule has 112 valence electrons. The highest BCUT2D eigenvalue weighted by Crippen LogP contribution is 2.33. The number of aliphatic hydroxyl groups excluding tert-OH is 1. The Balaban J connectivity index is 2.00. The lowest BCUT2D eigenvalue weighted by molar-refractivity contribution is 0.178. The predicted molar refractivity (Wildman–Crippen MR) is 82.6 cm³/mol. The molecule has 3 rings (SSSR count). The van der Waals surface area contributed by atoms with Gasteiger partial charge in [0.15, 0.2) is 5.82 Å². The molecule has 5 heteroatoms. The molecule has 2 unspecified atom stereocenters. The van der Waals surface area contributed by atoms with E-state index >= 15 is 0 Å². The van der Waals surface area contributed by atoms with Crippen molar-refractivity contribution >= 4 is 22.3 Å². The largest absolute Gasteiger partial charge is 0.398 e. The molecule has 2 atom stereocenters. The number of hydrogen-bond acceptors (Lipinski definition) is 4. The van der Waals surface area contributed by atoms with Crippen molar-refractivity contribution in [2.75, 3.05) is 17.7 Å². The Morgan fingerprint density at radius 2 is 2.19 bits per heavy atom. The Morgan fingerprint density at radius 3 is 3.00 bits per heavy atom. The van der Waals surface area contributed by atoms with Gasteiger partial charge in [-0.15, -0.1) is 0 Å². The van der Waals surface area contributed by atoms with E-state index in [2.05, 4.69) is 10.3 Å². The van der Waals surface area contributed by atoms with Crippen LogP contribution in [0.3, 0.4) is 0 Å². The van der Waals surface area contributed by atoms with Crippen molar-refractivity contribution in [2.45, 2.75) is 31.7 Å². The van der Waals surface area contributed by atoms with Crippen LogP contribution in [0.5, 0.6) is 0 Å². The van der Waals surface area contributed by atoms with E-state index in [-0.39, 0.29) is 24.4 Å². The standard InChI is InChI=1S/C16H20FN3O/c17-12-8-13(18)11-5-3-7-19-15(11)16(12)20-14-6-2-1-4-10(14)9-21/h3,5,7-8,10,14,20-21H,1-2,4,6,9,18H2. The fraction of sp³-hybridized carbons (Fsp3) is 0.438. The highest BCUT2D eigenvalue weighted by molar-refractivity contribution is 5.98. The van der Waals surface area contributed by atoms with Crippen molar-refractivity contribution in [3.63, 3.8) is 0 Å². The molecule has 1 aromatic carbocycles. The van der Waals surface area contributed by atoms with Gasteiger partial charge in [-0.1, -0.05) is 12.8 Å². The van der Waals surface area contributed by atoms with Crippen LogP contribution >= 0.6 is 0 Å². The lowest BCUT2D eigenvalue weighted by atomic mass is 9.85. The molecule has 1 aromatic heterocycles. The SMILES string of the molecule is Nc1cc(F)c(NC2CCCCC2CO)c2ncccc12. The van der Waals surface area contributed by atoms with E-state index in [1.54, 1.807) is 12.3 Å². The van der Waals surface area contributed by atoms with Gasteiger partial charge in [0, 0.05) is 35.8 Å². The molecule has 0 aliphatic heterocycles. The molecule has 0 spiro atoms. The molecule has 4 nitrogen and oxygen atoms in total. The Bertz CT molecular complexity index is 647.